The number of benzene rings is 2. The van der Waals surface area contributed by atoms with Crippen molar-refractivity contribution in [3.63, 3.8) is 0 Å². The minimum absolute atomic E-state index is 0.0344. The van der Waals surface area contributed by atoms with Crippen molar-refractivity contribution in [1.82, 2.24) is 19.8 Å². The van der Waals surface area contributed by atoms with Crippen LogP contribution in [0.4, 0.5) is 14.5 Å². The molecule has 4 aromatic rings. The fourth-order valence-electron chi connectivity index (χ4n) is 4.51. The van der Waals surface area contributed by atoms with Gasteiger partial charge in [0.2, 0.25) is 0 Å². The Hall–Kier alpha value is -3.78. The van der Waals surface area contributed by atoms with Crippen LogP contribution in [0.2, 0.25) is 0 Å². The molecule has 1 aliphatic heterocycles. The number of aromatic amines is 1. The normalized spacial score (nSPS) is 14.5. The number of carbonyl (C=O) groups is 1. The number of pyridine rings is 1. The van der Waals surface area contributed by atoms with Crippen molar-refractivity contribution in [3.8, 4) is 22.3 Å². The smallest absolute Gasteiger partial charge is 0.253 e. The maximum Gasteiger partial charge on any atom is 0.253 e. The summed E-state index contributed by atoms with van der Waals surface area (Å²) >= 11 is 0. The number of halogens is 2. The molecule has 6 nitrogen and oxygen atoms in total. The van der Waals surface area contributed by atoms with E-state index in [1.165, 1.54) is 24.7 Å². The predicted molar refractivity (Wildman–Crippen MR) is 135 cm³/mol. The van der Waals surface area contributed by atoms with Crippen molar-refractivity contribution in [2.45, 2.75) is 0 Å². The van der Waals surface area contributed by atoms with Crippen LogP contribution in [0, 0.1) is 11.6 Å². The number of hydrogen-bond donors (Lipinski definition) is 1. The van der Waals surface area contributed by atoms with Crippen LogP contribution in [0.1, 0.15) is 10.4 Å². The Morgan fingerprint density at radius 2 is 1.63 bits per heavy atom. The van der Waals surface area contributed by atoms with Crippen molar-refractivity contribution in [3.05, 3.63) is 72.1 Å². The summed E-state index contributed by atoms with van der Waals surface area (Å²) in [6.45, 7) is 4.06. The third-order valence-electron chi connectivity index (χ3n) is 6.56. The summed E-state index contributed by atoms with van der Waals surface area (Å²) in [6, 6.07) is 12.3. The number of carbonyl (C=O) groups excluding carboxylic acids is 1. The minimum atomic E-state index is -0.793. The number of anilines is 1. The van der Waals surface area contributed by atoms with E-state index in [0.717, 1.165) is 49.4 Å². The van der Waals surface area contributed by atoms with Crippen LogP contribution < -0.4 is 4.90 Å². The molecular formula is C27H27F2N5O. The zero-order valence-electron chi connectivity index (χ0n) is 20.0. The van der Waals surface area contributed by atoms with Gasteiger partial charge in [0, 0.05) is 80.4 Å². The van der Waals surface area contributed by atoms with Crippen LogP contribution >= 0.6 is 0 Å². The number of fused-ring (bicyclic) bond motifs is 1. The van der Waals surface area contributed by atoms with Crippen molar-refractivity contribution < 1.29 is 13.6 Å². The first-order chi connectivity index (χ1) is 16.8. The van der Waals surface area contributed by atoms with Crippen LogP contribution in [0.15, 0.2) is 54.9 Å². The molecule has 0 radical (unpaired) electrons. The van der Waals surface area contributed by atoms with Crippen molar-refractivity contribution >= 4 is 22.6 Å². The van der Waals surface area contributed by atoms with Gasteiger partial charge in [-0.3, -0.25) is 4.79 Å². The molecule has 0 atom stereocenters. The summed E-state index contributed by atoms with van der Waals surface area (Å²) in [6.07, 6.45) is 3.30. The Morgan fingerprint density at radius 1 is 0.971 bits per heavy atom. The fraction of sp³-hybridized carbons (Fsp3) is 0.259. The zero-order chi connectivity index (χ0) is 24.7. The molecule has 8 heteroatoms. The molecule has 180 valence electrons. The molecule has 1 aliphatic rings. The highest BCUT2D eigenvalue weighted by molar-refractivity contribution is 5.98. The molecule has 0 unspecified atom stereocenters. The molecule has 2 aromatic carbocycles. The van der Waals surface area contributed by atoms with Gasteiger partial charge in [0.15, 0.2) is 0 Å². The zero-order valence-corrected chi connectivity index (χ0v) is 20.0. The van der Waals surface area contributed by atoms with Gasteiger partial charge in [-0.25, -0.2) is 13.8 Å². The Bertz CT molecular complexity index is 1370. The maximum absolute atomic E-state index is 15.0. The molecular weight excluding hydrogens is 448 g/mol. The average molecular weight is 476 g/mol. The monoisotopic (exact) mass is 475 g/mol. The highest BCUT2D eigenvalue weighted by Crippen LogP contribution is 2.35. The molecule has 1 amide bonds. The van der Waals surface area contributed by atoms with E-state index in [1.807, 2.05) is 18.2 Å². The lowest BCUT2D eigenvalue weighted by atomic mass is 9.99. The Balaban J connectivity index is 1.49. The van der Waals surface area contributed by atoms with Gasteiger partial charge in [-0.2, -0.15) is 0 Å². The number of likely N-dealkylation sites (N-methyl/N-ethyl adjacent to an activating group) is 1. The SMILES string of the molecule is CN1CCN(c2ccc(-c3cnc4[nH]cc(-c5c(F)cc(C(=O)N(C)C)cc5F)c4c3)cc2)CC1. The van der Waals surface area contributed by atoms with Crippen LogP contribution in [0.5, 0.6) is 0 Å². The van der Waals surface area contributed by atoms with Crippen LogP contribution in [-0.2, 0) is 0 Å². The first-order valence-electron chi connectivity index (χ1n) is 11.5. The Morgan fingerprint density at radius 3 is 2.26 bits per heavy atom. The van der Waals surface area contributed by atoms with E-state index in [1.54, 1.807) is 12.4 Å². The number of rotatable bonds is 4. The lowest BCUT2D eigenvalue weighted by Gasteiger charge is -2.34. The van der Waals surface area contributed by atoms with E-state index in [0.29, 0.717) is 16.6 Å². The van der Waals surface area contributed by atoms with Crippen molar-refractivity contribution in [1.29, 1.82) is 0 Å². The quantitative estimate of drug-likeness (QED) is 0.468. The second-order valence-electron chi connectivity index (χ2n) is 9.17. The van der Waals surface area contributed by atoms with Gasteiger partial charge in [-0.1, -0.05) is 12.1 Å². The van der Waals surface area contributed by atoms with E-state index in [2.05, 4.69) is 38.9 Å². The van der Waals surface area contributed by atoms with Crippen molar-refractivity contribution in [2.75, 3.05) is 52.2 Å². The largest absolute Gasteiger partial charge is 0.369 e. The van der Waals surface area contributed by atoms with Gasteiger partial charge in [-0.05, 0) is 42.9 Å². The maximum atomic E-state index is 15.0. The van der Waals surface area contributed by atoms with E-state index in [-0.39, 0.29) is 11.1 Å². The number of hydrogen-bond acceptors (Lipinski definition) is 4. The number of amides is 1. The molecule has 35 heavy (non-hydrogen) atoms. The number of nitrogens with one attached hydrogen (secondary N) is 1. The average Bonchev–Trinajstić information content (AvgIpc) is 3.26. The first-order valence-corrected chi connectivity index (χ1v) is 11.5. The summed E-state index contributed by atoms with van der Waals surface area (Å²) in [5, 5.41) is 0.607. The van der Waals surface area contributed by atoms with Gasteiger partial charge in [0.25, 0.3) is 5.91 Å². The molecule has 3 heterocycles. The number of piperazine rings is 1. The van der Waals surface area contributed by atoms with E-state index < -0.39 is 17.5 Å². The lowest BCUT2D eigenvalue weighted by molar-refractivity contribution is 0.0826. The highest BCUT2D eigenvalue weighted by atomic mass is 19.1. The second-order valence-corrected chi connectivity index (χ2v) is 9.17. The van der Waals surface area contributed by atoms with Crippen LogP contribution in [0.3, 0.4) is 0 Å². The van der Waals surface area contributed by atoms with Gasteiger partial charge in [0.05, 0.1) is 5.56 Å². The Labute approximate surface area is 202 Å². The molecule has 0 aliphatic carbocycles. The third kappa shape index (κ3) is 4.37. The summed E-state index contributed by atoms with van der Waals surface area (Å²) < 4.78 is 30.1. The molecule has 0 bridgehead atoms. The number of nitrogens with zero attached hydrogens (tertiary/aromatic N) is 4. The van der Waals surface area contributed by atoms with Crippen LogP contribution in [-0.4, -0.2) is 73.0 Å². The van der Waals surface area contributed by atoms with Gasteiger partial charge < -0.3 is 19.7 Å². The molecule has 0 spiro atoms. The highest BCUT2D eigenvalue weighted by Gasteiger charge is 2.21. The summed E-state index contributed by atoms with van der Waals surface area (Å²) in [5.74, 6) is -2.05. The molecule has 2 aromatic heterocycles. The van der Waals surface area contributed by atoms with E-state index in [9.17, 15) is 4.79 Å². The summed E-state index contributed by atoms with van der Waals surface area (Å²) in [4.78, 5) is 25.6. The summed E-state index contributed by atoms with van der Waals surface area (Å²) in [5.41, 5.74) is 3.67. The first kappa shape index (κ1) is 23.0. The van der Waals surface area contributed by atoms with E-state index >= 15 is 8.78 Å². The number of aromatic nitrogens is 2. The molecule has 1 fully saturated rings. The Kier molecular flexibility index (Phi) is 5.98. The van der Waals surface area contributed by atoms with Gasteiger partial charge in [0.1, 0.15) is 17.3 Å². The molecule has 1 N–H and O–H groups in total. The summed E-state index contributed by atoms with van der Waals surface area (Å²) in [7, 11) is 5.21. The van der Waals surface area contributed by atoms with Crippen molar-refractivity contribution in [2.24, 2.45) is 0 Å². The van der Waals surface area contributed by atoms with E-state index in [4.69, 9.17) is 0 Å². The lowest BCUT2D eigenvalue weighted by Crippen LogP contribution is -2.44. The topological polar surface area (TPSA) is 55.5 Å². The number of H-pyrrole nitrogens is 1. The molecule has 1 saturated heterocycles. The van der Waals surface area contributed by atoms with Gasteiger partial charge in [-0.15, -0.1) is 0 Å². The standard InChI is InChI=1S/C27H27F2N5O/c1-32(2)27(35)18-13-23(28)25(24(29)14-18)22-16-31-26-21(22)12-19(15-30-26)17-4-6-20(7-5-17)34-10-8-33(3)9-11-34/h4-7,12-16H,8-11H2,1-3H3,(H,30,31). The minimum Gasteiger partial charge on any atom is -0.369 e. The second kappa shape index (κ2) is 9.11. The third-order valence-corrected chi connectivity index (χ3v) is 6.56. The fourth-order valence-corrected chi connectivity index (χ4v) is 4.51. The van der Waals surface area contributed by atoms with Gasteiger partial charge >= 0.3 is 0 Å². The predicted octanol–water partition coefficient (Wildman–Crippen LogP) is 4.63. The molecule has 0 saturated carbocycles. The molecule has 5 rings (SSSR count). The van der Waals surface area contributed by atoms with Crippen LogP contribution in [0.25, 0.3) is 33.3 Å².